The summed E-state index contributed by atoms with van der Waals surface area (Å²) in [5.41, 5.74) is 5.63. The maximum Gasteiger partial charge on any atom is 0.326 e. The largest absolute Gasteiger partial charge is 0.480 e. The number of nitrogens with one attached hydrogen (secondary N) is 1. The van der Waals surface area contributed by atoms with Crippen LogP contribution in [0.3, 0.4) is 0 Å². The Morgan fingerprint density at radius 2 is 1.86 bits per heavy atom. The maximum absolute atomic E-state index is 12.3. The molecule has 0 aliphatic carbocycles. The molecule has 8 nitrogen and oxygen atoms in total. The van der Waals surface area contributed by atoms with Crippen LogP contribution >= 0.6 is 0 Å². The molecule has 1 saturated heterocycles. The number of aliphatic hydroxyl groups excluding tert-OH is 1. The van der Waals surface area contributed by atoms with Crippen LogP contribution in [-0.4, -0.2) is 63.7 Å². The molecule has 1 aliphatic heterocycles. The van der Waals surface area contributed by atoms with E-state index in [1.807, 2.05) is 0 Å². The highest BCUT2D eigenvalue weighted by molar-refractivity contribution is 5.92. The van der Waals surface area contributed by atoms with Crippen LogP contribution < -0.4 is 11.1 Å². The molecule has 0 unspecified atom stereocenters. The summed E-state index contributed by atoms with van der Waals surface area (Å²) in [6, 6.07) is -2.83. The summed E-state index contributed by atoms with van der Waals surface area (Å²) in [6.07, 6.45) is 0.0730. The van der Waals surface area contributed by atoms with Crippen molar-refractivity contribution in [2.24, 2.45) is 11.7 Å². The van der Waals surface area contributed by atoms with Crippen molar-refractivity contribution in [1.29, 1.82) is 0 Å². The lowest BCUT2D eigenvalue weighted by atomic mass is 10.0. The summed E-state index contributed by atoms with van der Waals surface area (Å²) in [4.78, 5) is 37.0. The molecule has 1 heterocycles. The SMILES string of the molecule is CC(C)[C@H](NC(=O)[C@@H]1CCCN1C(=O)[C@@H](N)[C@@H](C)O)C(=O)O. The van der Waals surface area contributed by atoms with E-state index in [1.54, 1.807) is 13.8 Å². The minimum Gasteiger partial charge on any atom is -0.480 e. The summed E-state index contributed by atoms with van der Waals surface area (Å²) < 4.78 is 0. The molecular formula is C14H25N3O5. The zero-order valence-electron chi connectivity index (χ0n) is 13.2. The molecule has 126 valence electrons. The average molecular weight is 315 g/mol. The van der Waals surface area contributed by atoms with Gasteiger partial charge < -0.3 is 26.2 Å². The Morgan fingerprint density at radius 1 is 1.27 bits per heavy atom. The molecule has 0 bridgehead atoms. The van der Waals surface area contributed by atoms with E-state index in [-0.39, 0.29) is 5.92 Å². The Bertz CT molecular complexity index is 438. The topological polar surface area (TPSA) is 133 Å². The first-order valence-corrected chi connectivity index (χ1v) is 7.44. The number of carbonyl (C=O) groups is 3. The number of carboxylic acids is 1. The zero-order valence-corrected chi connectivity index (χ0v) is 13.2. The van der Waals surface area contributed by atoms with E-state index in [0.717, 1.165) is 0 Å². The van der Waals surface area contributed by atoms with Crippen LogP contribution in [0.25, 0.3) is 0 Å². The van der Waals surface area contributed by atoms with Crippen LogP contribution in [-0.2, 0) is 14.4 Å². The van der Waals surface area contributed by atoms with Gasteiger partial charge in [0.1, 0.15) is 18.1 Å². The second-order valence-corrected chi connectivity index (χ2v) is 6.02. The molecule has 0 spiro atoms. The third-order valence-electron chi connectivity index (χ3n) is 3.87. The van der Waals surface area contributed by atoms with Gasteiger partial charge in [-0.1, -0.05) is 13.8 Å². The molecule has 0 radical (unpaired) electrons. The predicted molar refractivity (Wildman–Crippen MR) is 78.8 cm³/mol. The van der Waals surface area contributed by atoms with Gasteiger partial charge in [0, 0.05) is 6.54 Å². The first kappa shape index (κ1) is 18.4. The molecule has 4 atom stereocenters. The molecule has 2 amide bonds. The Balaban J connectivity index is 2.79. The van der Waals surface area contributed by atoms with Crippen LogP contribution in [0.5, 0.6) is 0 Å². The van der Waals surface area contributed by atoms with Crippen LogP contribution in [0.15, 0.2) is 0 Å². The summed E-state index contributed by atoms with van der Waals surface area (Å²) in [5, 5.41) is 21.0. The average Bonchev–Trinajstić information content (AvgIpc) is 2.91. The van der Waals surface area contributed by atoms with Gasteiger partial charge in [0.15, 0.2) is 0 Å². The van der Waals surface area contributed by atoms with Gasteiger partial charge in [0.05, 0.1) is 6.10 Å². The third kappa shape index (κ3) is 4.17. The van der Waals surface area contributed by atoms with Gasteiger partial charge in [-0.25, -0.2) is 4.79 Å². The fourth-order valence-corrected chi connectivity index (χ4v) is 2.46. The lowest BCUT2D eigenvalue weighted by molar-refractivity contribution is -0.145. The van der Waals surface area contributed by atoms with E-state index in [2.05, 4.69) is 5.32 Å². The zero-order chi connectivity index (χ0) is 17.0. The number of amides is 2. The molecule has 0 aromatic heterocycles. The van der Waals surface area contributed by atoms with Gasteiger partial charge in [0.25, 0.3) is 0 Å². The number of hydrogen-bond acceptors (Lipinski definition) is 5. The highest BCUT2D eigenvalue weighted by Gasteiger charge is 2.38. The molecule has 1 aliphatic rings. The second-order valence-electron chi connectivity index (χ2n) is 6.02. The molecule has 8 heteroatoms. The quantitative estimate of drug-likeness (QED) is 0.492. The first-order chi connectivity index (χ1) is 10.2. The Hall–Kier alpha value is -1.67. The molecule has 0 saturated carbocycles. The summed E-state index contributed by atoms with van der Waals surface area (Å²) in [7, 11) is 0. The Morgan fingerprint density at radius 3 is 2.32 bits per heavy atom. The highest BCUT2D eigenvalue weighted by Crippen LogP contribution is 2.19. The number of carboxylic acid groups (broad SMARTS) is 1. The van der Waals surface area contributed by atoms with E-state index in [1.165, 1.54) is 11.8 Å². The Labute approximate surface area is 129 Å². The Kier molecular flexibility index (Phi) is 6.31. The van der Waals surface area contributed by atoms with Crippen molar-refractivity contribution < 1.29 is 24.6 Å². The predicted octanol–water partition coefficient (Wildman–Crippen LogP) is -1.09. The number of likely N-dealkylation sites (tertiary alicyclic amines) is 1. The summed E-state index contributed by atoms with van der Waals surface area (Å²) in [6.45, 7) is 5.17. The van der Waals surface area contributed by atoms with Crippen molar-refractivity contribution in [2.45, 2.75) is 57.8 Å². The molecule has 0 aromatic rings. The second kappa shape index (κ2) is 7.55. The van der Waals surface area contributed by atoms with E-state index < -0.39 is 42.0 Å². The molecule has 1 fully saturated rings. The maximum atomic E-state index is 12.3. The van der Waals surface area contributed by atoms with Crippen LogP contribution in [0, 0.1) is 5.92 Å². The molecule has 5 N–H and O–H groups in total. The van der Waals surface area contributed by atoms with Gasteiger partial charge in [-0.05, 0) is 25.7 Å². The third-order valence-corrected chi connectivity index (χ3v) is 3.87. The van der Waals surface area contributed by atoms with E-state index in [4.69, 9.17) is 10.8 Å². The van der Waals surface area contributed by atoms with Crippen LogP contribution in [0.4, 0.5) is 0 Å². The van der Waals surface area contributed by atoms with Crippen molar-refractivity contribution >= 4 is 17.8 Å². The highest BCUT2D eigenvalue weighted by atomic mass is 16.4. The number of hydrogen-bond donors (Lipinski definition) is 4. The van der Waals surface area contributed by atoms with Crippen molar-refractivity contribution in [3.63, 3.8) is 0 Å². The summed E-state index contributed by atoms with van der Waals surface area (Å²) >= 11 is 0. The van der Waals surface area contributed by atoms with Crippen LogP contribution in [0.2, 0.25) is 0 Å². The standard InChI is InChI=1S/C14H25N3O5/c1-7(2)11(14(21)22)16-12(19)9-5-4-6-17(9)13(20)10(15)8(3)18/h7-11,18H,4-6,15H2,1-3H3,(H,16,19)(H,21,22)/t8-,9+,10+,11+/m1/s1. The lowest BCUT2D eigenvalue weighted by Crippen LogP contribution is -2.56. The minimum absolute atomic E-state index is 0.272. The monoisotopic (exact) mass is 315 g/mol. The summed E-state index contributed by atoms with van der Waals surface area (Å²) in [5.74, 6) is -2.37. The number of aliphatic hydroxyl groups is 1. The minimum atomic E-state index is -1.11. The number of rotatable bonds is 6. The van der Waals surface area contributed by atoms with Crippen LogP contribution in [0.1, 0.15) is 33.6 Å². The van der Waals surface area contributed by atoms with Gasteiger partial charge in [-0.3, -0.25) is 9.59 Å². The smallest absolute Gasteiger partial charge is 0.326 e. The normalized spacial score (nSPS) is 22.3. The van der Waals surface area contributed by atoms with Gasteiger partial charge >= 0.3 is 5.97 Å². The van der Waals surface area contributed by atoms with E-state index in [0.29, 0.717) is 19.4 Å². The number of nitrogens with zero attached hydrogens (tertiary/aromatic N) is 1. The fraction of sp³-hybridized carbons (Fsp3) is 0.786. The van der Waals surface area contributed by atoms with Crippen molar-refractivity contribution in [3.05, 3.63) is 0 Å². The van der Waals surface area contributed by atoms with Crippen molar-refractivity contribution in [1.82, 2.24) is 10.2 Å². The van der Waals surface area contributed by atoms with Gasteiger partial charge in [-0.2, -0.15) is 0 Å². The van der Waals surface area contributed by atoms with Crippen molar-refractivity contribution in [3.8, 4) is 0 Å². The van der Waals surface area contributed by atoms with E-state index in [9.17, 15) is 19.5 Å². The number of nitrogens with two attached hydrogens (primary N) is 1. The van der Waals surface area contributed by atoms with E-state index >= 15 is 0 Å². The van der Waals surface area contributed by atoms with Gasteiger partial charge in [0.2, 0.25) is 11.8 Å². The fourth-order valence-electron chi connectivity index (χ4n) is 2.46. The lowest BCUT2D eigenvalue weighted by Gasteiger charge is -2.29. The number of carbonyl (C=O) groups excluding carboxylic acids is 2. The molecule has 22 heavy (non-hydrogen) atoms. The molecular weight excluding hydrogens is 290 g/mol. The molecule has 1 rings (SSSR count). The number of aliphatic carboxylic acids is 1. The van der Waals surface area contributed by atoms with Gasteiger partial charge in [-0.15, -0.1) is 0 Å². The molecule has 0 aromatic carbocycles. The first-order valence-electron chi connectivity index (χ1n) is 7.44. The van der Waals surface area contributed by atoms with Crippen molar-refractivity contribution in [2.75, 3.05) is 6.54 Å².